The maximum absolute atomic E-state index is 13.1. The van der Waals surface area contributed by atoms with Crippen molar-refractivity contribution in [3.05, 3.63) is 59.4 Å². The number of carbonyl (C=O) groups is 3. The molecule has 0 atom stereocenters. The first-order valence-electron chi connectivity index (χ1n) is 8.66. The van der Waals surface area contributed by atoms with Crippen molar-refractivity contribution in [2.45, 2.75) is 25.7 Å². The van der Waals surface area contributed by atoms with Crippen molar-refractivity contribution in [1.82, 2.24) is 0 Å². The van der Waals surface area contributed by atoms with E-state index >= 15 is 0 Å². The van der Waals surface area contributed by atoms with Crippen molar-refractivity contribution in [3.63, 3.8) is 0 Å². The summed E-state index contributed by atoms with van der Waals surface area (Å²) < 4.78 is 13.1. The summed E-state index contributed by atoms with van der Waals surface area (Å²) in [5.41, 5.74) is 2.67. The third-order valence-corrected chi connectivity index (χ3v) is 4.38. The molecule has 27 heavy (non-hydrogen) atoms. The lowest BCUT2D eigenvalue weighted by atomic mass is 10.00. The number of carboxylic acid groups (broad SMARTS) is 1. The van der Waals surface area contributed by atoms with Gasteiger partial charge in [-0.3, -0.25) is 14.4 Å². The average Bonchev–Trinajstić information content (AvgIpc) is 2.66. The van der Waals surface area contributed by atoms with Gasteiger partial charge in [0, 0.05) is 29.9 Å². The van der Waals surface area contributed by atoms with E-state index in [1.807, 2.05) is 0 Å². The van der Waals surface area contributed by atoms with Gasteiger partial charge in [-0.25, -0.2) is 4.39 Å². The molecule has 0 aromatic heterocycles. The normalized spacial score (nSPS) is 13.0. The van der Waals surface area contributed by atoms with E-state index in [4.69, 9.17) is 5.11 Å². The Morgan fingerprint density at radius 3 is 2.52 bits per heavy atom. The molecule has 0 aliphatic carbocycles. The molecule has 2 aromatic carbocycles. The van der Waals surface area contributed by atoms with Gasteiger partial charge in [-0.05, 0) is 60.9 Å². The van der Waals surface area contributed by atoms with Crippen LogP contribution in [0.2, 0.25) is 0 Å². The summed E-state index contributed by atoms with van der Waals surface area (Å²) in [5, 5.41) is 11.3. The van der Waals surface area contributed by atoms with Gasteiger partial charge < -0.3 is 15.3 Å². The zero-order chi connectivity index (χ0) is 19.4. The topological polar surface area (TPSA) is 86.7 Å². The van der Waals surface area contributed by atoms with Gasteiger partial charge in [-0.1, -0.05) is 0 Å². The number of rotatable bonds is 5. The second-order valence-corrected chi connectivity index (χ2v) is 6.35. The highest BCUT2D eigenvalue weighted by molar-refractivity contribution is 6.07. The van der Waals surface area contributed by atoms with Crippen LogP contribution < -0.4 is 10.2 Å². The Morgan fingerprint density at radius 1 is 1.07 bits per heavy atom. The summed E-state index contributed by atoms with van der Waals surface area (Å²) in [6, 6.07) is 10.7. The van der Waals surface area contributed by atoms with Crippen LogP contribution in [-0.4, -0.2) is 29.4 Å². The van der Waals surface area contributed by atoms with E-state index in [0.717, 1.165) is 24.1 Å². The predicted molar refractivity (Wildman–Crippen MR) is 98.3 cm³/mol. The average molecular weight is 370 g/mol. The highest BCUT2D eigenvalue weighted by atomic mass is 19.1. The van der Waals surface area contributed by atoms with Crippen molar-refractivity contribution in [2.75, 3.05) is 16.8 Å². The first-order chi connectivity index (χ1) is 12.9. The van der Waals surface area contributed by atoms with Gasteiger partial charge in [0.1, 0.15) is 5.82 Å². The highest BCUT2D eigenvalue weighted by Gasteiger charge is 2.24. The monoisotopic (exact) mass is 370 g/mol. The Kier molecular flexibility index (Phi) is 5.49. The van der Waals surface area contributed by atoms with Crippen LogP contribution >= 0.6 is 0 Å². The number of aliphatic carboxylic acids is 1. The number of hydrogen-bond acceptors (Lipinski definition) is 3. The summed E-state index contributed by atoms with van der Waals surface area (Å²) >= 11 is 0. The van der Waals surface area contributed by atoms with Crippen molar-refractivity contribution >= 4 is 29.2 Å². The van der Waals surface area contributed by atoms with Gasteiger partial charge in [0.15, 0.2) is 0 Å². The van der Waals surface area contributed by atoms with Crippen LogP contribution in [0, 0.1) is 5.82 Å². The number of benzene rings is 2. The van der Waals surface area contributed by atoms with E-state index in [-0.39, 0.29) is 24.7 Å². The van der Waals surface area contributed by atoms with E-state index in [2.05, 4.69) is 5.32 Å². The van der Waals surface area contributed by atoms with Crippen molar-refractivity contribution in [2.24, 2.45) is 0 Å². The molecular weight excluding hydrogens is 351 g/mol. The van der Waals surface area contributed by atoms with Crippen LogP contribution in [0.4, 0.5) is 15.8 Å². The first kappa shape index (κ1) is 18.6. The number of anilines is 2. The lowest BCUT2D eigenvalue weighted by molar-refractivity contribution is -0.138. The standard InChI is InChI=1S/C20H19FN2O4/c21-15-5-3-13(4-6-15)20(27)23-11-1-2-14-12-16(7-8-17(14)23)22-18(24)9-10-19(25)26/h3-8,12H,1-2,9-11H2,(H,22,24)(H,25,26). The molecule has 6 nitrogen and oxygen atoms in total. The van der Waals surface area contributed by atoms with Crippen LogP contribution in [0.1, 0.15) is 35.2 Å². The summed E-state index contributed by atoms with van der Waals surface area (Å²) in [7, 11) is 0. The highest BCUT2D eigenvalue weighted by Crippen LogP contribution is 2.31. The third kappa shape index (κ3) is 4.49. The lowest BCUT2D eigenvalue weighted by Crippen LogP contribution is -2.35. The molecule has 0 unspecified atom stereocenters. The zero-order valence-corrected chi connectivity index (χ0v) is 14.6. The van der Waals surface area contributed by atoms with Gasteiger partial charge in [0.05, 0.1) is 6.42 Å². The van der Waals surface area contributed by atoms with E-state index in [9.17, 15) is 18.8 Å². The van der Waals surface area contributed by atoms with E-state index in [0.29, 0.717) is 17.8 Å². The second-order valence-electron chi connectivity index (χ2n) is 6.35. The van der Waals surface area contributed by atoms with Crippen molar-refractivity contribution < 1.29 is 23.9 Å². The van der Waals surface area contributed by atoms with Gasteiger partial charge in [-0.15, -0.1) is 0 Å². The second kappa shape index (κ2) is 7.99. The van der Waals surface area contributed by atoms with Crippen LogP contribution in [0.15, 0.2) is 42.5 Å². The van der Waals surface area contributed by atoms with Crippen LogP contribution in [0.3, 0.4) is 0 Å². The van der Waals surface area contributed by atoms with E-state index in [1.165, 1.54) is 24.3 Å². The Morgan fingerprint density at radius 2 is 1.81 bits per heavy atom. The largest absolute Gasteiger partial charge is 0.481 e. The molecule has 0 spiro atoms. The van der Waals surface area contributed by atoms with Crippen molar-refractivity contribution in [3.8, 4) is 0 Å². The molecule has 1 heterocycles. The van der Waals surface area contributed by atoms with E-state index in [1.54, 1.807) is 23.1 Å². The van der Waals surface area contributed by atoms with Crippen LogP contribution in [0.25, 0.3) is 0 Å². The minimum Gasteiger partial charge on any atom is -0.481 e. The quantitative estimate of drug-likeness (QED) is 0.846. The number of aryl methyl sites for hydroxylation is 1. The molecule has 7 heteroatoms. The molecule has 0 saturated heterocycles. The number of nitrogens with one attached hydrogen (secondary N) is 1. The number of fused-ring (bicyclic) bond motifs is 1. The first-order valence-corrected chi connectivity index (χ1v) is 8.66. The molecule has 2 amide bonds. The molecule has 140 valence electrons. The molecule has 2 N–H and O–H groups in total. The Balaban J connectivity index is 1.76. The molecule has 3 rings (SSSR count). The van der Waals surface area contributed by atoms with Crippen molar-refractivity contribution in [1.29, 1.82) is 0 Å². The summed E-state index contributed by atoms with van der Waals surface area (Å²) in [6.07, 6.45) is 1.22. The van der Waals surface area contributed by atoms with Crippen LogP contribution in [0.5, 0.6) is 0 Å². The van der Waals surface area contributed by atoms with Gasteiger partial charge in [0.2, 0.25) is 5.91 Å². The minimum atomic E-state index is -1.02. The minimum absolute atomic E-state index is 0.0956. The molecular formula is C20H19FN2O4. The number of halogens is 1. The number of carbonyl (C=O) groups excluding carboxylic acids is 2. The van der Waals surface area contributed by atoms with Crippen LogP contribution in [-0.2, 0) is 16.0 Å². The summed E-state index contributed by atoms with van der Waals surface area (Å²) in [5.74, 6) is -1.99. The Bertz CT molecular complexity index is 880. The summed E-state index contributed by atoms with van der Waals surface area (Å²) in [4.78, 5) is 36.8. The van der Waals surface area contributed by atoms with Gasteiger partial charge in [0.25, 0.3) is 5.91 Å². The maximum Gasteiger partial charge on any atom is 0.303 e. The predicted octanol–water partition coefficient (Wildman–Crippen LogP) is 3.22. The number of carboxylic acids is 1. The van der Waals surface area contributed by atoms with E-state index < -0.39 is 11.8 Å². The van der Waals surface area contributed by atoms with Gasteiger partial charge >= 0.3 is 5.97 Å². The third-order valence-electron chi connectivity index (χ3n) is 4.38. The lowest BCUT2D eigenvalue weighted by Gasteiger charge is -2.30. The van der Waals surface area contributed by atoms with Gasteiger partial charge in [-0.2, -0.15) is 0 Å². The fraction of sp³-hybridized carbons (Fsp3) is 0.250. The summed E-state index contributed by atoms with van der Waals surface area (Å²) in [6.45, 7) is 0.563. The molecule has 2 aromatic rings. The molecule has 0 fully saturated rings. The maximum atomic E-state index is 13.1. The fourth-order valence-electron chi connectivity index (χ4n) is 3.08. The Labute approximate surface area is 155 Å². The SMILES string of the molecule is O=C(O)CCC(=O)Nc1ccc2c(c1)CCCN2C(=O)c1ccc(F)cc1. The molecule has 0 saturated carbocycles. The molecule has 1 aliphatic heterocycles. The number of nitrogens with zero attached hydrogens (tertiary/aromatic N) is 1. The number of hydrogen-bond donors (Lipinski definition) is 2. The molecule has 0 bridgehead atoms. The molecule has 0 radical (unpaired) electrons. The smallest absolute Gasteiger partial charge is 0.303 e. The molecule has 1 aliphatic rings. The number of amides is 2. The zero-order valence-electron chi connectivity index (χ0n) is 14.6. The Hall–Kier alpha value is -3.22. The fourth-order valence-corrected chi connectivity index (χ4v) is 3.08.